The Morgan fingerprint density at radius 3 is 2.48 bits per heavy atom. The lowest BCUT2D eigenvalue weighted by molar-refractivity contribution is -0.143. The monoisotopic (exact) mass is 344 g/mol. The number of nitrogens with one attached hydrogen (secondary N) is 2. The Balaban J connectivity index is 1.55. The Kier molecular flexibility index (Phi) is 5.42. The molecule has 1 aromatic rings. The molecule has 5 heteroatoms. The van der Waals surface area contributed by atoms with Crippen LogP contribution in [0.4, 0.5) is 5.69 Å². The average molecular weight is 344 g/mol. The first-order valence-electron chi connectivity index (χ1n) is 9.31. The van der Waals surface area contributed by atoms with Gasteiger partial charge in [0.05, 0.1) is 12.5 Å². The van der Waals surface area contributed by atoms with Crippen molar-refractivity contribution in [3.63, 3.8) is 0 Å². The molecule has 2 fully saturated rings. The lowest BCUT2D eigenvalue weighted by Gasteiger charge is -2.54. The minimum absolute atomic E-state index is 0.0681. The van der Waals surface area contributed by atoms with Gasteiger partial charge < -0.3 is 15.4 Å². The summed E-state index contributed by atoms with van der Waals surface area (Å²) in [5.41, 5.74) is 1.87. The van der Waals surface area contributed by atoms with Gasteiger partial charge in [0.2, 0.25) is 11.8 Å². The molecule has 3 rings (SSSR count). The van der Waals surface area contributed by atoms with Crippen molar-refractivity contribution in [2.24, 2.45) is 5.41 Å². The molecular weight excluding hydrogens is 316 g/mol. The summed E-state index contributed by atoms with van der Waals surface area (Å²) < 4.78 is 5.90. The summed E-state index contributed by atoms with van der Waals surface area (Å²) in [6.45, 7) is 4.27. The van der Waals surface area contributed by atoms with Crippen LogP contribution < -0.4 is 10.6 Å². The molecule has 0 unspecified atom stereocenters. The number of benzene rings is 1. The van der Waals surface area contributed by atoms with Gasteiger partial charge in [0.1, 0.15) is 0 Å². The van der Waals surface area contributed by atoms with E-state index in [1.807, 2.05) is 31.2 Å². The maximum Gasteiger partial charge on any atom is 0.224 e. The van der Waals surface area contributed by atoms with Crippen molar-refractivity contribution in [3.8, 4) is 0 Å². The van der Waals surface area contributed by atoms with Crippen LogP contribution in [0, 0.1) is 5.41 Å². The predicted octanol–water partition coefficient (Wildman–Crippen LogP) is 3.04. The normalized spacial score (nSPS) is 23.9. The van der Waals surface area contributed by atoms with Crippen LogP contribution in [0.1, 0.15) is 51.5 Å². The fourth-order valence-corrected chi connectivity index (χ4v) is 4.43. The third-order valence-corrected chi connectivity index (χ3v) is 5.66. The molecule has 25 heavy (non-hydrogen) atoms. The van der Waals surface area contributed by atoms with Gasteiger partial charge in [0.25, 0.3) is 0 Å². The largest absolute Gasteiger partial charge is 0.378 e. The van der Waals surface area contributed by atoms with Crippen LogP contribution in [0.15, 0.2) is 24.3 Å². The third-order valence-electron chi connectivity index (χ3n) is 5.66. The molecule has 2 saturated carbocycles. The van der Waals surface area contributed by atoms with Crippen LogP contribution in [0.25, 0.3) is 0 Å². The molecular formula is C20H28N2O3. The summed E-state index contributed by atoms with van der Waals surface area (Å²) in [7, 11) is 0. The summed E-state index contributed by atoms with van der Waals surface area (Å²) in [6.07, 6.45) is 6.40. The van der Waals surface area contributed by atoms with Crippen molar-refractivity contribution in [1.82, 2.24) is 5.32 Å². The van der Waals surface area contributed by atoms with Crippen LogP contribution in [0.5, 0.6) is 0 Å². The molecule has 2 amide bonds. The van der Waals surface area contributed by atoms with Crippen LogP contribution >= 0.6 is 0 Å². The Morgan fingerprint density at radius 1 is 1.20 bits per heavy atom. The zero-order chi connectivity index (χ0) is 17.9. The first-order chi connectivity index (χ1) is 12.0. The van der Waals surface area contributed by atoms with E-state index in [2.05, 4.69) is 10.6 Å². The topological polar surface area (TPSA) is 67.4 Å². The van der Waals surface area contributed by atoms with E-state index in [4.69, 9.17) is 4.74 Å². The molecule has 0 bridgehead atoms. The molecule has 1 aromatic carbocycles. The highest BCUT2D eigenvalue weighted by atomic mass is 16.5. The van der Waals surface area contributed by atoms with Crippen LogP contribution in [-0.4, -0.2) is 30.6 Å². The Labute approximate surface area is 149 Å². The van der Waals surface area contributed by atoms with E-state index in [-0.39, 0.29) is 23.3 Å². The number of ether oxygens (including phenoxy) is 1. The van der Waals surface area contributed by atoms with E-state index in [0.717, 1.165) is 37.1 Å². The Bertz CT molecular complexity index is 620. The van der Waals surface area contributed by atoms with E-state index in [0.29, 0.717) is 12.5 Å². The first-order valence-corrected chi connectivity index (χ1v) is 9.31. The number of rotatable bonds is 6. The quantitative estimate of drug-likeness (QED) is 0.833. The van der Waals surface area contributed by atoms with E-state index < -0.39 is 0 Å². The van der Waals surface area contributed by atoms with Crippen molar-refractivity contribution in [3.05, 3.63) is 29.8 Å². The number of carbonyl (C=O) groups excluding carboxylic acids is 2. The van der Waals surface area contributed by atoms with Gasteiger partial charge in [-0.05, 0) is 43.9 Å². The highest BCUT2D eigenvalue weighted by Crippen LogP contribution is 2.54. The van der Waals surface area contributed by atoms with E-state index >= 15 is 0 Å². The summed E-state index contributed by atoms with van der Waals surface area (Å²) in [5.74, 6) is -0.0281. The number of amides is 2. The zero-order valence-electron chi connectivity index (χ0n) is 15.1. The van der Waals surface area contributed by atoms with Crippen molar-refractivity contribution in [1.29, 1.82) is 0 Å². The molecule has 0 aliphatic heterocycles. The van der Waals surface area contributed by atoms with Crippen LogP contribution in [0.2, 0.25) is 0 Å². The minimum atomic E-state index is -0.0961. The summed E-state index contributed by atoms with van der Waals surface area (Å²) in [4.78, 5) is 23.5. The Morgan fingerprint density at radius 2 is 1.88 bits per heavy atom. The van der Waals surface area contributed by atoms with E-state index in [1.165, 1.54) is 19.8 Å². The second-order valence-corrected chi connectivity index (χ2v) is 7.29. The van der Waals surface area contributed by atoms with Gasteiger partial charge in [-0.3, -0.25) is 9.59 Å². The first kappa shape index (κ1) is 17.9. The molecule has 0 aromatic heterocycles. The molecule has 1 spiro atoms. The molecule has 136 valence electrons. The second kappa shape index (κ2) is 7.56. The second-order valence-electron chi connectivity index (χ2n) is 7.29. The summed E-state index contributed by atoms with van der Waals surface area (Å²) >= 11 is 0. The van der Waals surface area contributed by atoms with E-state index in [1.54, 1.807) is 0 Å². The van der Waals surface area contributed by atoms with Crippen molar-refractivity contribution < 1.29 is 14.3 Å². The molecule has 0 saturated heterocycles. The summed E-state index contributed by atoms with van der Waals surface area (Å²) in [6, 6.07) is 7.69. The smallest absolute Gasteiger partial charge is 0.224 e. The lowest BCUT2D eigenvalue weighted by atomic mass is 9.60. The fraction of sp³-hybridized carbons (Fsp3) is 0.600. The number of carbonyl (C=O) groups is 2. The van der Waals surface area contributed by atoms with Gasteiger partial charge in [-0.15, -0.1) is 0 Å². The standard InChI is InChI=1S/C20H28N2O3/c1-3-25-18-13-17(20(18)10-4-5-11-20)22-19(24)12-15-6-8-16(9-7-15)21-14(2)23/h6-9,17-18H,3-5,10-13H2,1-2H3,(H,21,23)(H,22,24)/t17-,18+/m1/s1. The summed E-state index contributed by atoms with van der Waals surface area (Å²) in [5, 5.41) is 5.98. The minimum Gasteiger partial charge on any atom is -0.378 e. The third kappa shape index (κ3) is 3.87. The molecule has 0 radical (unpaired) electrons. The van der Waals surface area contributed by atoms with Crippen molar-refractivity contribution in [2.75, 3.05) is 11.9 Å². The fourth-order valence-electron chi connectivity index (χ4n) is 4.43. The highest BCUT2D eigenvalue weighted by Gasteiger charge is 2.57. The van der Waals surface area contributed by atoms with Gasteiger partial charge >= 0.3 is 0 Å². The van der Waals surface area contributed by atoms with E-state index in [9.17, 15) is 9.59 Å². The number of anilines is 1. The average Bonchev–Trinajstić information content (AvgIpc) is 3.08. The van der Waals surface area contributed by atoms with Gasteiger partial charge in [-0.1, -0.05) is 25.0 Å². The number of hydrogen-bond donors (Lipinski definition) is 2. The van der Waals surface area contributed by atoms with Gasteiger partial charge in [0, 0.05) is 30.7 Å². The van der Waals surface area contributed by atoms with Gasteiger partial charge in [0.15, 0.2) is 0 Å². The van der Waals surface area contributed by atoms with Crippen LogP contribution in [-0.2, 0) is 20.7 Å². The SMILES string of the molecule is CCO[C@H]1C[C@@H](NC(=O)Cc2ccc(NC(C)=O)cc2)C12CCCC2. The maximum absolute atomic E-state index is 12.5. The zero-order valence-corrected chi connectivity index (χ0v) is 15.1. The molecule has 2 aliphatic carbocycles. The predicted molar refractivity (Wildman–Crippen MR) is 97.3 cm³/mol. The van der Waals surface area contributed by atoms with Crippen LogP contribution in [0.3, 0.4) is 0 Å². The van der Waals surface area contributed by atoms with Crippen molar-refractivity contribution in [2.45, 2.75) is 64.5 Å². The number of hydrogen-bond acceptors (Lipinski definition) is 3. The maximum atomic E-state index is 12.5. The highest BCUT2D eigenvalue weighted by molar-refractivity contribution is 5.88. The molecule has 0 heterocycles. The van der Waals surface area contributed by atoms with Gasteiger partial charge in [-0.25, -0.2) is 0 Å². The molecule has 2 atom stereocenters. The molecule has 2 aliphatic rings. The molecule has 2 N–H and O–H groups in total. The lowest BCUT2D eigenvalue weighted by Crippen LogP contribution is -2.63. The molecule has 5 nitrogen and oxygen atoms in total. The van der Waals surface area contributed by atoms with Gasteiger partial charge in [-0.2, -0.15) is 0 Å². The van der Waals surface area contributed by atoms with Crippen molar-refractivity contribution >= 4 is 17.5 Å². The Hall–Kier alpha value is -1.88.